The normalized spacial score (nSPS) is 11.2. The minimum Gasteiger partial charge on any atom is -0.325 e. The van der Waals surface area contributed by atoms with Crippen molar-refractivity contribution in [3.8, 4) is 0 Å². The third-order valence-corrected chi connectivity index (χ3v) is 2.01. The van der Waals surface area contributed by atoms with Crippen molar-refractivity contribution in [1.82, 2.24) is 4.98 Å². The lowest BCUT2D eigenvalue weighted by atomic mass is 9.95. The second-order valence-electron chi connectivity index (χ2n) is 4.41. The first-order chi connectivity index (χ1) is 6.95. The Morgan fingerprint density at radius 1 is 1.53 bits per heavy atom. The van der Waals surface area contributed by atoms with Gasteiger partial charge < -0.3 is 11.1 Å². The minimum atomic E-state index is -0.415. The molecule has 0 fully saturated rings. The molecule has 4 nitrogen and oxygen atoms in total. The number of pyridine rings is 1. The van der Waals surface area contributed by atoms with Crippen molar-refractivity contribution in [2.24, 2.45) is 11.1 Å². The van der Waals surface area contributed by atoms with Gasteiger partial charge in [-0.2, -0.15) is 0 Å². The van der Waals surface area contributed by atoms with Crippen LogP contribution in [-0.2, 0) is 11.3 Å². The summed E-state index contributed by atoms with van der Waals surface area (Å²) in [6, 6.07) is 3.58. The van der Waals surface area contributed by atoms with Gasteiger partial charge in [0.1, 0.15) is 0 Å². The summed E-state index contributed by atoms with van der Waals surface area (Å²) >= 11 is 0. The fourth-order valence-corrected chi connectivity index (χ4v) is 1.02. The van der Waals surface area contributed by atoms with Gasteiger partial charge in [0.15, 0.2) is 0 Å². The molecule has 0 saturated heterocycles. The SMILES string of the molecule is CC(C)(C)C(=O)Nc1cccnc1CN. The first-order valence-electron chi connectivity index (χ1n) is 4.90. The Balaban J connectivity index is 2.85. The highest BCUT2D eigenvalue weighted by Crippen LogP contribution is 2.18. The Morgan fingerprint density at radius 2 is 2.20 bits per heavy atom. The summed E-state index contributed by atoms with van der Waals surface area (Å²) in [6.45, 7) is 5.91. The molecule has 0 atom stereocenters. The van der Waals surface area contributed by atoms with Crippen LogP contribution in [0, 0.1) is 5.41 Å². The first-order valence-corrected chi connectivity index (χ1v) is 4.90. The van der Waals surface area contributed by atoms with Crippen LogP contribution in [0.25, 0.3) is 0 Å². The molecule has 3 N–H and O–H groups in total. The monoisotopic (exact) mass is 207 g/mol. The fraction of sp³-hybridized carbons (Fsp3) is 0.455. The molecule has 0 unspecified atom stereocenters. The second kappa shape index (κ2) is 4.40. The van der Waals surface area contributed by atoms with Gasteiger partial charge in [-0.15, -0.1) is 0 Å². The van der Waals surface area contributed by atoms with Crippen LogP contribution in [0.5, 0.6) is 0 Å². The number of nitrogens with zero attached hydrogens (tertiary/aromatic N) is 1. The molecule has 1 amide bonds. The van der Waals surface area contributed by atoms with Crippen molar-refractivity contribution in [3.63, 3.8) is 0 Å². The van der Waals surface area contributed by atoms with Gasteiger partial charge in [0.2, 0.25) is 5.91 Å². The number of hydrogen-bond acceptors (Lipinski definition) is 3. The molecule has 4 heteroatoms. The topological polar surface area (TPSA) is 68.0 Å². The zero-order chi connectivity index (χ0) is 11.5. The summed E-state index contributed by atoms with van der Waals surface area (Å²) in [5, 5.41) is 2.82. The van der Waals surface area contributed by atoms with E-state index in [2.05, 4.69) is 10.3 Å². The van der Waals surface area contributed by atoms with Crippen molar-refractivity contribution in [2.45, 2.75) is 27.3 Å². The highest BCUT2D eigenvalue weighted by molar-refractivity contribution is 5.94. The van der Waals surface area contributed by atoms with E-state index in [1.54, 1.807) is 18.3 Å². The minimum absolute atomic E-state index is 0.0369. The van der Waals surface area contributed by atoms with Crippen molar-refractivity contribution in [3.05, 3.63) is 24.0 Å². The largest absolute Gasteiger partial charge is 0.325 e. The van der Waals surface area contributed by atoms with E-state index in [1.165, 1.54) is 0 Å². The highest BCUT2D eigenvalue weighted by Gasteiger charge is 2.21. The predicted octanol–water partition coefficient (Wildman–Crippen LogP) is 1.52. The van der Waals surface area contributed by atoms with Crippen molar-refractivity contribution < 1.29 is 4.79 Å². The average molecular weight is 207 g/mol. The summed E-state index contributed by atoms with van der Waals surface area (Å²) < 4.78 is 0. The zero-order valence-electron chi connectivity index (χ0n) is 9.37. The molecule has 1 rings (SSSR count). The molecule has 0 radical (unpaired) electrons. The van der Waals surface area contributed by atoms with E-state index in [9.17, 15) is 4.79 Å². The standard InChI is InChI=1S/C11H17N3O/c1-11(2,3)10(15)14-8-5-4-6-13-9(8)7-12/h4-6H,7,12H2,1-3H3,(H,14,15). The highest BCUT2D eigenvalue weighted by atomic mass is 16.2. The Labute approximate surface area is 89.9 Å². The lowest BCUT2D eigenvalue weighted by Gasteiger charge is -2.18. The summed E-state index contributed by atoms with van der Waals surface area (Å²) in [6.07, 6.45) is 1.66. The molecule has 1 aromatic rings. The maximum Gasteiger partial charge on any atom is 0.229 e. The van der Waals surface area contributed by atoms with Crippen LogP contribution in [0.3, 0.4) is 0 Å². The number of nitrogens with one attached hydrogen (secondary N) is 1. The summed E-state index contributed by atoms with van der Waals surface area (Å²) in [4.78, 5) is 15.8. The smallest absolute Gasteiger partial charge is 0.229 e. The summed E-state index contributed by atoms with van der Waals surface area (Å²) in [5.41, 5.74) is 6.50. The Morgan fingerprint density at radius 3 is 2.73 bits per heavy atom. The van der Waals surface area contributed by atoms with Crippen LogP contribution in [0.2, 0.25) is 0 Å². The summed E-state index contributed by atoms with van der Waals surface area (Å²) in [5.74, 6) is -0.0369. The van der Waals surface area contributed by atoms with Gasteiger partial charge in [-0.3, -0.25) is 9.78 Å². The number of aromatic nitrogens is 1. The van der Waals surface area contributed by atoms with E-state index >= 15 is 0 Å². The number of rotatable bonds is 2. The van der Waals surface area contributed by atoms with Gasteiger partial charge in [-0.1, -0.05) is 20.8 Å². The van der Waals surface area contributed by atoms with Crippen LogP contribution < -0.4 is 11.1 Å². The molecule has 0 aromatic carbocycles. The van der Waals surface area contributed by atoms with E-state index in [0.29, 0.717) is 17.9 Å². The Kier molecular flexibility index (Phi) is 3.42. The van der Waals surface area contributed by atoms with Gasteiger partial charge in [-0.25, -0.2) is 0 Å². The lowest BCUT2D eigenvalue weighted by Crippen LogP contribution is -2.28. The van der Waals surface area contributed by atoms with Crippen molar-refractivity contribution in [2.75, 3.05) is 5.32 Å². The quantitative estimate of drug-likeness (QED) is 0.772. The molecular formula is C11H17N3O. The Hall–Kier alpha value is -1.42. The first kappa shape index (κ1) is 11.7. The second-order valence-corrected chi connectivity index (χ2v) is 4.41. The van der Waals surface area contributed by atoms with Crippen LogP contribution in [0.4, 0.5) is 5.69 Å². The van der Waals surface area contributed by atoms with Crippen molar-refractivity contribution >= 4 is 11.6 Å². The van der Waals surface area contributed by atoms with Crippen molar-refractivity contribution in [1.29, 1.82) is 0 Å². The number of nitrogens with two attached hydrogens (primary N) is 1. The van der Waals surface area contributed by atoms with Gasteiger partial charge in [0.05, 0.1) is 11.4 Å². The maximum absolute atomic E-state index is 11.7. The molecule has 0 aliphatic carbocycles. The number of carbonyl (C=O) groups is 1. The molecule has 0 saturated carbocycles. The van der Waals surface area contributed by atoms with Crippen LogP contribution >= 0.6 is 0 Å². The van der Waals surface area contributed by atoms with Crippen LogP contribution in [0.1, 0.15) is 26.5 Å². The van der Waals surface area contributed by atoms with E-state index in [4.69, 9.17) is 5.73 Å². The van der Waals surface area contributed by atoms with E-state index in [0.717, 1.165) is 0 Å². The molecule has 0 spiro atoms. The van der Waals surface area contributed by atoms with Gasteiger partial charge >= 0.3 is 0 Å². The van der Waals surface area contributed by atoms with E-state index in [-0.39, 0.29) is 5.91 Å². The molecule has 0 aliphatic rings. The third kappa shape index (κ3) is 3.02. The van der Waals surface area contributed by atoms with Crippen LogP contribution in [-0.4, -0.2) is 10.9 Å². The molecule has 0 aliphatic heterocycles. The Bertz CT molecular complexity index is 355. The maximum atomic E-state index is 11.7. The molecule has 82 valence electrons. The third-order valence-electron chi connectivity index (χ3n) is 2.01. The zero-order valence-corrected chi connectivity index (χ0v) is 9.37. The van der Waals surface area contributed by atoms with Gasteiger partial charge in [0, 0.05) is 18.2 Å². The number of hydrogen-bond donors (Lipinski definition) is 2. The lowest BCUT2D eigenvalue weighted by molar-refractivity contribution is -0.123. The molecule has 15 heavy (non-hydrogen) atoms. The molecule has 1 aromatic heterocycles. The number of amides is 1. The van der Waals surface area contributed by atoms with E-state index < -0.39 is 5.41 Å². The van der Waals surface area contributed by atoms with Gasteiger partial charge in [-0.05, 0) is 12.1 Å². The van der Waals surface area contributed by atoms with E-state index in [1.807, 2.05) is 20.8 Å². The number of anilines is 1. The summed E-state index contributed by atoms with van der Waals surface area (Å²) in [7, 11) is 0. The fourth-order valence-electron chi connectivity index (χ4n) is 1.02. The van der Waals surface area contributed by atoms with Crippen LogP contribution in [0.15, 0.2) is 18.3 Å². The van der Waals surface area contributed by atoms with Gasteiger partial charge in [0.25, 0.3) is 0 Å². The number of carbonyl (C=O) groups excluding carboxylic acids is 1. The molecule has 0 bridgehead atoms. The average Bonchev–Trinajstić information content (AvgIpc) is 2.17. The predicted molar refractivity (Wildman–Crippen MR) is 60.2 cm³/mol. The molecular weight excluding hydrogens is 190 g/mol. The molecule has 1 heterocycles.